The minimum Gasteiger partial charge on any atom is -0.465 e. The number of aryl methyl sites for hydroxylation is 1. The van der Waals surface area contributed by atoms with Crippen LogP contribution in [0.4, 0.5) is 4.79 Å². The molecule has 3 rings (SSSR count). The highest BCUT2D eigenvalue weighted by atomic mass is 16.7. The van der Waals surface area contributed by atoms with Crippen molar-refractivity contribution in [1.29, 1.82) is 0 Å². The fraction of sp³-hybridized carbons (Fsp3) is 0.640. The van der Waals surface area contributed by atoms with Crippen LogP contribution in [0.25, 0.3) is 0 Å². The first kappa shape index (κ1) is 28.0. The number of nitrogens with one attached hydrogen (secondary N) is 2. The van der Waals surface area contributed by atoms with Crippen molar-refractivity contribution in [2.75, 3.05) is 26.3 Å². The van der Waals surface area contributed by atoms with Crippen LogP contribution in [-0.4, -0.2) is 84.5 Å². The predicted molar refractivity (Wildman–Crippen MR) is 134 cm³/mol. The van der Waals surface area contributed by atoms with Crippen LogP contribution in [0.2, 0.25) is 0 Å². The molecular formula is C25H38BN3O7. The van der Waals surface area contributed by atoms with E-state index >= 15 is 0 Å². The molecule has 0 bridgehead atoms. The smallest absolute Gasteiger partial charge is 0.465 e. The normalized spacial score (nSPS) is 20.4. The summed E-state index contributed by atoms with van der Waals surface area (Å²) in [5, 5.41) is 14.4. The third-order valence-corrected chi connectivity index (χ3v) is 7.11. The first-order valence-electron chi connectivity index (χ1n) is 12.5. The molecule has 2 aliphatic rings. The molecule has 2 heterocycles. The maximum atomic E-state index is 13.3. The lowest BCUT2D eigenvalue weighted by Crippen LogP contribution is -2.56. The van der Waals surface area contributed by atoms with Crippen LogP contribution in [0.3, 0.4) is 0 Å². The summed E-state index contributed by atoms with van der Waals surface area (Å²) >= 11 is 0. The molecule has 2 fully saturated rings. The largest absolute Gasteiger partial charge is 0.481 e. The minimum absolute atomic E-state index is 0.280. The molecule has 0 aliphatic carbocycles. The average molecular weight is 503 g/mol. The predicted octanol–water partition coefficient (Wildman–Crippen LogP) is 2.01. The number of hydrogen-bond acceptors (Lipinski definition) is 6. The van der Waals surface area contributed by atoms with Gasteiger partial charge in [0.15, 0.2) is 0 Å². The van der Waals surface area contributed by atoms with Crippen molar-refractivity contribution in [3.63, 3.8) is 0 Å². The van der Waals surface area contributed by atoms with E-state index < -0.39 is 42.3 Å². The Kier molecular flexibility index (Phi) is 9.38. The van der Waals surface area contributed by atoms with Gasteiger partial charge in [0.25, 0.3) is 0 Å². The van der Waals surface area contributed by atoms with Crippen molar-refractivity contribution in [3.05, 3.63) is 35.9 Å². The van der Waals surface area contributed by atoms with E-state index in [1.807, 2.05) is 58.0 Å². The lowest BCUT2D eigenvalue weighted by Gasteiger charge is -2.32. The van der Waals surface area contributed by atoms with E-state index in [2.05, 4.69) is 10.6 Å². The molecule has 1 aromatic rings. The number of carbonyl (C=O) groups excluding carboxylic acids is 2. The highest BCUT2D eigenvalue weighted by Crippen LogP contribution is 2.38. The van der Waals surface area contributed by atoms with E-state index in [4.69, 9.17) is 14.0 Å². The van der Waals surface area contributed by atoms with Crippen LogP contribution >= 0.6 is 0 Å². The summed E-state index contributed by atoms with van der Waals surface area (Å²) < 4.78 is 17.7. The summed E-state index contributed by atoms with van der Waals surface area (Å²) in [5.74, 6) is -1.42. The zero-order chi connectivity index (χ0) is 26.3. The average Bonchev–Trinajstić information content (AvgIpc) is 3.05. The van der Waals surface area contributed by atoms with Crippen LogP contribution in [0.1, 0.15) is 52.5 Å². The zero-order valence-corrected chi connectivity index (χ0v) is 21.6. The standard InChI is InChI=1S/C25H38BN3O7/c1-24(2)25(3,4)36-26(35-24)20(12-8-11-18-9-6-5-7-10-18)28-22(31)19(27-23(32)33)17-21(30)29-13-15-34-16-14-29/h5-7,9-10,19-20,27H,8,11-17H2,1-4H3,(H,28,31)(H,32,33)/t19-,20-/m0/s1. The van der Waals surface area contributed by atoms with Crippen LogP contribution in [-0.2, 0) is 30.1 Å². The zero-order valence-electron chi connectivity index (χ0n) is 21.6. The SMILES string of the molecule is CC1(C)OB([C@H](CCCc2ccccc2)NC(=O)[C@H](CC(=O)N2CCOCC2)NC(=O)O)OC1(C)C. The van der Waals surface area contributed by atoms with Crippen molar-refractivity contribution in [2.24, 2.45) is 0 Å². The summed E-state index contributed by atoms with van der Waals surface area (Å²) in [7, 11) is -0.713. The molecule has 198 valence electrons. The van der Waals surface area contributed by atoms with Crippen molar-refractivity contribution in [2.45, 2.75) is 76.6 Å². The first-order chi connectivity index (χ1) is 17.0. The van der Waals surface area contributed by atoms with Gasteiger partial charge >= 0.3 is 13.2 Å². The van der Waals surface area contributed by atoms with Crippen molar-refractivity contribution < 1.29 is 33.5 Å². The van der Waals surface area contributed by atoms with Gasteiger partial charge in [-0.15, -0.1) is 0 Å². The van der Waals surface area contributed by atoms with Crippen LogP contribution < -0.4 is 10.6 Å². The molecule has 0 unspecified atom stereocenters. The Hall–Kier alpha value is -2.63. The van der Waals surface area contributed by atoms with Gasteiger partial charge in [-0.2, -0.15) is 0 Å². The summed E-state index contributed by atoms with van der Waals surface area (Å²) in [6, 6.07) is 8.79. The van der Waals surface area contributed by atoms with E-state index in [0.29, 0.717) is 32.7 Å². The second-order valence-electron chi connectivity index (χ2n) is 10.3. The summed E-state index contributed by atoms with van der Waals surface area (Å²) in [4.78, 5) is 39.0. The number of hydrogen-bond donors (Lipinski definition) is 3. The number of carboxylic acid groups (broad SMARTS) is 1. The van der Waals surface area contributed by atoms with E-state index in [1.165, 1.54) is 5.56 Å². The van der Waals surface area contributed by atoms with E-state index in [1.54, 1.807) is 4.90 Å². The van der Waals surface area contributed by atoms with Crippen molar-refractivity contribution in [1.82, 2.24) is 15.5 Å². The first-order valence-corrected chi connectivity index (χ1v) is 12.5. The van der Waals surface area contributed by atoms with Gasteiger partial charge in [-0.25, -0.2) is 4.79 Å². The quantitative estimate of drug-likeness (QED) is 0.417. The number of morpholine rings is 1. The van der Waals surface area contributed by atoms with Gasteiger partial charge in [0.05, 0.1) is 36.8 Å². The molecule has 11 heteroatoms. The molecule has 0 aromatic heterocycles. The lowest BCUT2D eigenvalue weighted by molar-refractivity contribution is -0.138. The molecular weight excluding hydrogens is 465 g/mol. The molecule has 0 saturated carbocycles. The number of rotatable bonds is 10. The molecule has 10 nitrogen and oxygen atoms in total. The summed E-state index contributed by atoms with van der Waals surface area (Å²) in [6.07, 6.45) is 0.454. The van der Waals surface area contributed by atoms with Gasteiger partial charge < -0.3 is 34.7 Å². The highest BCUT2D eigenvalue weighted by molar-refractivity contribution is 6.48. The molecule has 3 amide bonds. The second kappa shape index (κ2) is 12.1. The monoisotopic (exact) mass is 503 g/mol. The van der Waals surface area contributed by atoms with Crippen LogP contribution in [0, 0.1) is 0 Å². The molecule has 36 heavy (non-hydrogen) atoms. The second-order valence-corrected chi connectivity index (χ2v) is 10.3. The third kappa shape index (κ3) is 7.44. The van der Waals surface area contributed by atoms with E-state index in [0.717, 1.165) is 12.8 Å². The maximum Gasteiger partial charge on any atom is 0.481 e. The van der Waals surface area contributed by atoms with Crippen LogP contribution in [0.15, 0.2) is 30.3 Å². The summed E-state index contributed by atoms with van der Waals surface area (Å²) in [5.41, 5.74) is -0.00562. The van der Waals surface area contributed by atoms with Gasteiger partial charge in [0.1, 0.15) is 6.04 Å². The van der Waals surface area contributed by atoms with Gasteiger partial charge in [-0.3, -0.25) is 9.59 Å². The Labute approximate surface area is 213 Å². The number of ether oxygens (including phenoxy) is 1. The molecule has 2 aliphatic heterocycles. The Morgan fingerprint density at radius 1 is 1.03 bits per heavy atom. The fourth-order valence-corrected chi connectivity index (χ4v) is 4.26. The van der Waals surface area contributed by atoms with Crippen molar-refractivity contribution in [3.8, 4) is 0 Å². The Morgan fingerprint density at radius 2 is 1.64 bits per heavy atom. The van der Waals surface area contributed by atoms with Crippen molar-refractivity contribution >= 4 is 25.0 Å². The Balaban J connectivity index is 1.70. The molecule has 1 aromatic carbocycles. The van der Waals surface area contributed by atoms with Gasteiger partial charge in [0, 0.05) is 13.1 Å². The number of nitrogens with zero attached hydrogens (tertiary/aromatic N) is 1. The molecule has 0 spiro atoms. The maximum absolute atomic E-state index is 13.3. The van der Waals surface area contributed by atoms with Gasteiger partial charge in [0.2, 0.25) is 11.8 Å². The number of benzene rings is 1. The van der Waals surface area contributed by atoms with E-state index in [9.17, 15) is 19.5 Å². The summed E-state index contributed by atoms with van der Waals surface area (Å²) in [6.45, 7) is 9.40. The minimum atomic E-state index is -1.37. The topological polar surface area (TPSA) is 126 Å². The third-order valence-electron chi connectivity index (χ3n) is 7.11. The Bertz CT molecular complexity index is 890. The van der Waals surface area contributed by atoms with Gasteiger partial charge in [-0.1, -0.05) is 30.3 Å². The van der Waals surface area contributed by atoms with Gasteiger partial charge in [-0.05, 0) is 52.5 Å². The number of amides is 3. The Morgan fingerprint density at radius 3 is 2.22 bits per heavy atom. The van der Waals surface area contributed by atoms with Crippen LogP contribution in [0.5, 0.6) is 0 Å². The fourth-order valence-electron chi connectivity index (χ4n) is 4.26. The highest BCUT2D eigenvalue weighted by Gasteiger charge is 2.54. The molecule has 0 radical (unpaired) electrons. The molecule has 2 atom stereocenters. The molecule has 3 N–H and O–H groups in total. The number of carbonyl (C=O) groups is 3. The lowest BCUT2D eigenvalue weighted by atomic mass is 9.75. The van der Waals surface area contributed by atoms with E-state index in [-0.39, 0.29) is 12.3 Å². The molecule has 2 saturated heterocycles.